The van der Waals surface area contributed by atoms with Crippen molar-refractivity contribution in [3.63, 3.8) is 0 Å². The van der Waals surface area contributed by atoms with Gasteiger partial charge in [0.05, 0.1) is 19.2 Å². The normalized spacial score (nSPS) is 12.9. The molecule has 0 aliphatic carbocycles. The highest BCUT2D eigenvalue weighted by molar-refractivity contribution is 7.16. The molecule has 8 heteroatoms. The van der Waals surface area contributed by atoms with Crippen molar-refractivity contribution in [3.05, 3.63) is 50.9 Å². The number of nitrogens with zero attached hydrogens (tertiary/aromatic N) is 2. The van der Waals surface area contributed by atoms with Crippen molar-refractivity contribution in [2.45, 2.75) is 13.0 Å². The van der Waals surface area contributed by atoms with Gasteiger partial charge in [0.25, 0.3) is 5.91 Å². The van der Waals surface area contributed by atoms with Gasteiger partial charge in [-0.2, -0.15) is 5.26 Å². The largest absolute Gasteiger partial charge is 0.453 e. The minimum atomic E-state index is -0.401. The van der Waals surface area contributed by atoms with E-state index < -0.39 is 6.09 Å². The number of hydrogen-bond donors (Lipinski definition) is 1. The number of rotatable bonds is 2. The van der Waals surface area contributed by atoms with E-state index in [4.69, 9.17) is 16.3 Å². The number of fused-ring (bicyclic) bond motifs is 1. The molecule has 0 spiro atoms. The van der Waals surface area contributed by atoms with Crippen LogP contribution in [-0.2, 0) is 17.7 Å². The van der Waals surface area contributed by atoms with Gasteiger partial charge in [-0.3, -0.25) is 4.79 Å². The second-order valence-electron chi connectivity index (χ2n) is 5.43. The average Bonchev–Trinajstić information content (AvgIpc) is 2.96. The number of thiophene rings is 1. The van der Waals surface area contributed by atoms with E-state index in [1.807, 2.05) is 0 Å². The molecular weight excluding hydrogens is 362 g/mol. The Balaban J connectivity index is 1.86. The van der Waals surface area contributed by atoms with E-state index in [2.05, 4.69) is 11.4 Å². The number of benzene rings is 1. The molecule has 2 heterocycles. The number of ether oxygens (including phenoxy) is 1. The molecule has 0 saturated heterocycles. The van der Waals surface area contributed by atoms with Crippen LogP contribution in [0.3, 0.4) is 0 Å². The fourth-order valence-electron chi connectivity index (χ4n) is 2.70. The van der Waals surface area contributed by atoms with Crippen LogP contribution in [0.2, 0.25) is 5.02 Å². The third kappa shape index (κ3) is 3.45. The number of amides is 2. The van der Waals surface area contributed by atoms with Crippen molar-refractivity contribution in [2.24, 2.45) is 0 Å². The van der Waals surface area contributed by atoms with Crippen LogP contribution in [0.15, 0.2) is 24.3 Å². The first-order valence-electron chi connectivity index (χ1n) is 7.48. The SMILES string of the molecule is COC(=O)N1CCc2c(sc(NC(=O)c3cccc(Cl)c3)c2C#N)C1. The zero-order valence-electron chi connectivity index (χ0n) is 13.3. The highest BCUT2D eigenvalue weighted by Gasteiger charge is 2.28. The molecule has 1 aliphatic heterocycles. The maximum Gasteiger partial charge on any atom is 0.409 e. The Bertz CT molecular complexity index is 888. The summed E-state index contributed by atoms with van der Waals surface area (Å²) in [6.07, 6.45) is 0.152. The van der Waals surface area contributed by atoms with Crippen LogP contribution >= 0.6 is 22.9 Å². The molecule has 0 atom stereocenters. The summed E-state index contributed by atoms with van der Waals surface area (Å²) in [6, 6.07) is 8.76. The molecule has 0 fully saturated rings. The zero-order valence-corrected chi connectivity index (χ0v) is 14.9. The van der Waals surface area contributed by atoms with Gasteiger partial charge in [-0.25, -0.2) is 4.79 Å². The molecule has 1 aromatic heterocycles. The van der Waals surface area contributed by atoms with Crippen molar-refractivity contribution >= 4 is 39.9 Å². The van der Waals surface area contributed by atoms with Gasteiger partial charge in [-0.1, -0.05) is 17.7 Å². The monoisotopic (exact) mass is 375 g/mol. The van der Waals surface area contributed by atoms with Crippen molar-refractivity contribution in [1.82, 2.24) is 4.90 Å². The predicted octanol–water partition coefficient (Wildman–Crippen LogP) is 3.65. The van der Waals surface area contributed by atoms with E-state index in [1.165, 1.54) is 18.4 Å². The van der Waals surface area contributed by atoms with Crippen molar-refractivity contribution in [2.75, 3.05) is 19.0 Å². The molecule has 25 heavy (non-hydrogen) atoms. The third-order valence-electron chi connectivity index (χ3n) is 3.92. The topological polar surface area (TPSA) is 82.4 Å². The number of nitrogens with one attached hydrogen (secondary N) is 1. The molecular formula is C17H14ClN3O3S. The molecule has 2 amide bonds. The Hall–Kier alpha value is -2.56. The lowest BCUT2D eigenvalue weighted by Crippen LogP contribution is -2.35. The Kier molecular flexibility index (Phi) is 4.93. The summed E-state index contributed by atoms with van der Waals surface area (Å²) in [7, 11) is 1.34. The quantitative estimate of drug-likeness (QED) is 0.868. The van der Waals surface area contributed by atoms with Gasteiger partial charge in [0.2, 0.25) is 0 Å². The average molecular weight is 376 g/mol. The van der Waals surface area contributed by atoms with Crippen LogP contribution in [0.4, 0.5) is 9.80 Å². The van der Waals surface area contributed by atoms with Crippen molar-refractivity contribution in [3.8, 4) is 6.07 Å². The number of methoxy groups -OCH3 is 1. The number of carbonyl (C=O) groups is 2. The molecule has 1 N–H and O–H groups in total. The van der Waals surface area contributed by atoms with Crippen LogP contribution in [-0.4, -0.2) is 30.6 Å². The Morgan fingerprint density at radius 1 is 1.44 bits per heavy atom. The molecule has 2 aromatic rings. The number of carbonyl (C=O) groups excluding carboxylic acids is 2. The number of anilines is 1. The van der Waals surface area contributed by atoms with Gasteiger partial charge in [0, 0.05) is 22.0 Å². The van der Waals surface area contributed by atoms with Crippen LogP contribution in [0, 0.1) is 11.3 Å². The molecule has 0 saturated carbocycles. The molecule has 0 bridgehead atoms. The van der Waals surface area contributed by atoms with Gasteiger partial charge in [-0.15, -0.1) is 11.3 Å². The second-order valence-corrected chi connectivity index (χ2v) is 6.97. The van der Waals surface area contributed by atoms with Gasteiger partial charge < -0.3 is 15.0 Å². The first-order chi connectivity index (χ1) is 12.0. The molecule has 128 valence electrons. The van der Waals surface area contributed by atoms with E-state index in [1.54, 1.807) is 29.2 Å². The molecule has 6 nitrogen and oxygen atoms in total. The predicted molar refractivity (Wildman–Crippen MR) is 95.0 cm³/mol. The summed E-state index contributed by atoms with van der Waals surface area (Å²) < 4.78 is 4.75. The molecule has 0 radical (unpaired) electrons. The molecule has 1 aromatic carbocycles. The van der Waals surface area contributed by atoms with E-state index in [0.29, 0.717) is 40.7 Å². The lowest BCUT2D eigenvalue weighted by molar-refractivity contribution is 0.102. The summed E-state index contributed by atoms with van der Waals surface area (Å²) in [5, 5.41) is 13.2. The fourth-order valence-corrected chi connectivity index (χ4v) is 4.10. The summed E-state index contributed by atoms with van der Waals surface area (Å²) >= 11 is 7.22. The third-order valence-corrected chi connectivity index (χ3v) is 5.28. The number of hydrogen-bond acceptors (Lipinski definition) is 5. The van der Waals surface area contributed by atoms with Crippen molar-refractivity contribution in [1.29, 1.82) is 5.26 Å². The highest BCUT2D eigenvalue weighted by atomic mass is 35.5. The first kappa shape index (κ1) is 17.3. The zero-order chi connectivity index (χ0) is 18.0. The molecule has 0 unspecified atom stereocenters. The van der Waals surface area contributed by atoms with Crippen LogP contribution < -0.4 is 5.32 Å². The first-order valence-corrected chi connectivity index (χ1v) is 8.67. The van der Waals surface area contributed by atoms with Gasteiger partial charge >= 0.3 is 6.09 Å². The molecule has 3 rings (SSSR count). The summed E-state index contributed by atoms with van der Waals surface area (Å²) in [6.45, 7) is 0.848. The molecule has 1 aliphatic rings. The van der Waals surface area contributed by atoms with Gasteiger partial charge in [0.1, 0.15) is 11.1 Å². The minimum absolute atomic E-state index is 0.331. The fraction of sp³-hybridized carbons (Fsp3) is 0.235. The Morgan fingerprint density at radius 2 is 2.24 bits per heavy atom. The summed E-state index contributed by atoms with van der Waals surface area (Å²) in [5.74, 6) is -0.331. The standard InChI is InChI=1S/C17H14ClN3O3S/c1-24-17(23)21-6-5-12-13(8-19)16(25-14(12)9-21)20-15(22)10-3-2-4-11(18)7-10/h2-4,7H,5-6,9H2,1H3,(H,20,22). The van der Waals surface area contributed by atoms with Crippen molar-refractivity contribution < 1.29 is 14.3 Å². The number of nitriles is 1. The van der Waals surface area contributed by atoms with E-state index in [0.717, 1.165) is 10.4 Å². The Morgan fingerprint density at radius 3 is 2.92 bits per heavy atom. The minimum Gasteiger partial charge on any atom is -0.453 e. The van der Waals surface area contributed by atoms with Crippen LogP contribution in [0.1, 0.15) is 26.4 Å². The maximum atomic E-state index is 12.4. The van der Waals surface area contributed by atoms with Gasteiger partial charge in [0.15, 0.2) is 0 Å². The number of halogens is 1. The van der Waals surface area contributed by atoms with E-state index >= 15 is 0 Å². The van der Waals surface area contributed by atoms with Crippen LogP contribution in [0.25, 0.3) is 0 Å². The van der Waals surface area contributed by atoms with E-state index in [-0.39, 0.29) is 5.91 Å². The lowest BCUT2D eigenvalue weighted by Gasteiger charge is -2.25. The Labute approximate surface area is 153 Å². The summed E-state index contributed by atoms with van der Waals surface area (Å²) in [5.41, 5.74) is 1.76. The van der Waals surface area contributed by atoms with E-state index in [9.17, 15) is 14.9 Å². The van der Waals surface area contributed by atoms with Gasteiger partial charge in [-0.05, 0) is 30.2 Å². The second kappa shape index (κ2) is 7.13. The van der Waals surface area contributed by atoms with Crippen LogP contribution in [0.5, 0.6) is 0 Å². The summed E-state index contributed by atoms with van der Waals surface area (Å²) in [4.78, 5) is 26.6. The maximum absolute atomic E-state index is 12.4. The smallest absolute Gasteiger partial charge is 0.409 e. The lowest BCUT2D eigenvalue weighted by atomic mass is 10.0. The highest BCUT2D eigenvalue weighted by Crippen LogP contribution is 2.37.